The number of esters is 2. The van der Waals surface area contributed by atoms with Crippen molar-refractivity contribution in [2.24, 2.45) is 0 Å². The zero-order chi connectivity index (χ0) is 44.3. The molecule has 0 fully saturated rings. The van der Waals surface area contributed by atoms with Gasteiger partial charge in [-0.15, -0.1) is 0 Å². The number of unbranched alkanes of at least 4 members (excludes halogenated alkanes) is 31. The van der Waals surface area contributed by atoms with Gasteiger partial charge in [-0.3, -0.25) is 18.6 Å². The van der Waals surface area contributed by atoms with E-state index in [0.717, 1.165) is 32.1 Å². The predicted octanol–water partition coefficient (Wildman–Crippen LogP) is 14.9. The molecule has 60 heavy (non-hydrogen) atoms. The van der Waals surface area contributed by atoms with Gasteiger partial charge in [-0.25, -0.2) is 4.57 Å². The second-order valence-corrected chi connectivity index (χ2v) is 20.0. The third kappa shape index (κ3) is 46.3. The van der Waals surface area contributed by atoms with Gasteiger partial charge in [-0.2, -0.15) is 0 Å². The van der Waals surface area contributed by atoms with Crippen LogP contribution in [0, 0.1) is 0 Å². The molecule has 0 aromatic heterocycles. The van der Waals surface area contributed by atoms with Crippen LogP contribution in [0.1, 0.15) is 245 Å². The van der Waals surface area contributed by atoms with Crippen molar-refractivity contribution >= 4 is 19.8 Å². The minimum absolute atomic E-state index is 0.0345. The smallest absolute Gasteiger partial charge is 0.462 e. The maximum atomic E-state index is 12.7. The number of phosphoric acid groups is 1. The van der Waals surface area contributed by atoms with Crippen LogP contribution >= 0.6 is 7.82 Å². The Morgan fingerprint density at radius 3 is 1.23 bits per heavy atom. The van der Waals surface area contributed by atoms with Crippen LogP contribution in [0.4, 0.5) is 0 Å². The van der Waals surface area contributed by atoms with E-state index in [1.165, 1.54) is 180 Å². The summed E-state index contributed by atoms with van der Waals surface area (Å²) in [6.45, 7) is 4.47. The molecule has 0 aliphatic carbocycles. The van der Waals surface area contributed by atoms with Crippen molar-refractivity contribution < 1.29 is 42.1 Å². The molecule has 0 radical (unpaired) electrons. The van der Waals surface area contributed by atoms with Crippen molar-refractivity contribution in [3.63, 3.8) is 0 Å². The Labute approximate surface area is 371 Å². The minimum Gasteiger partial charge on any atom is -0.462 e. The van der Waals surface area contributed by atoms with E-state index in [2.05, 4.69) is 26.0 Å². The van der Waals surface area contributed by atoms with Gasteiger partial charge >= 0.3 is 19.8 Å². The molecule has 1 unspecified atom stereocenters. The minimum atomic E-state index is -4.37. The second-order valence-electron chi connectivity index (χ2n) is 18.6. The third-order valence-electron chi connectivity index (χ3n) is 11.3. The highest BCUT2D eigenvalue weighted by molar-refractivity contribution is 7.47. The normalized spacial score (nSPS) is 13.5. The molecule has 0 aliphatic heterocycles. The topological polar surface area (TPSA) is 108 Å². The van der Waals surface area contributed by atoms with Crippen molar-refractivity contribution in [2.45, 2.75) is 251 Å². The first-order chi connectivity index (χ1) is 29.0. The summed E-state index contributed by atoms with van der Waals surface area (Å²) in [5.74, 6) is -0.788. The van der Waals surface area contributed by atoms with Gasteiger partial charge in [0.2, 0.25) is 0 Å². The van der Waals surface area contributed by atoms with E-state index in [9.17, 15) is 19.0 Å². The van der Waals surface area contributed by atoms with Crippen molar-refractivity contribution in [3.8, 4) is 0 Å². The van der Waals surface area contributed by atoms with E-state index in [-0.39, 0.29) is 32.0 Å². The lowest BCUT2D eigenvalue weighted by Crippen LogP contribution is -2.37. The van der Waals surface area contributed by atoms with Gasteiger partial charge in [0.15, 0.2) is 6.10 Å². The van der Waals surface area contributed by atoms with Crippen molar-refractivity contribution in [1.82, 2.24) is 0 Å². The predicted molar refractivity (Wildman–Crippen MR) is 252 cm³/mol. The van der Waals surface area contributed by atoms with Gasteiger partial charge in [-0.05, 0) is 38.5 Å². The van der Waals surface area contributed by atoms with E-state index < -0.39 is 26.5 Å². The molecule has 0 heterocycles. The highest BCUT2D eigenvalue weighted by atomic mass is 31.2. The third-order valence-corrected chi connectivity index (χ3v) is 12.3. The van der Waals surface area contributed by atoms with Crippen LogP contribution < -0.4 is 0 Å². The van der Waals surface area contributed by atoms with Crippen LogP contribution in [0.15, 0.2) is 12.2 Å². The Balaban J connectivity index is 4.23. The number of hydrogen-bond donors (Lipinski definition) is 1. The molecule has 0 aromatic rings. The highest BCUT2D eigenvalue weighted by Crippen LogP contribution is 2.43. The van der Waals surface area contributed by atoms with Crippen LogP contribution in [0.2, 0.25) is 0 Å². The lowest BCUT2D eigenvalue weighted by Gasteiger charge is -2.24. The molecule has 10 heteroatoms. The summed E-state index contributed by atoms with van der Waals surface area (Å²) in [7, 11) is 1.49. The van der Waals surface area contributed by atoms with Crippen LogP contribution in [0.3, 0.4) is 0 Å². The molecule has 0 rings (SSSR count). The number of quaternary nitrogens is 1. The maximum Gasteiger partial charge on any atom is 0.472 e. The summed E-state index contributed by atoms with van der Waals surface area (Å²) < 4.78 is 34.4. The Bertz CT molecular complexity index is 1030. The summed E-state index contributed by atoms with van der Waals surface area (Å²) in [4.78, 5) is 35.5. The molecule has 2 atom stereocenters. The Morgan fingerprint density at radius 2 is 0.850 bits per heavy atom. The summed E-state index contributed by atoms with van der Waals surface area (Å²) in [5, 5.41) is 0. The molecule has 0 saturated heterocycles. The fourth-order valence-electron chi connectivity index (χ4n) is 7.31. The number of nitrogens with zero attached hydrogens (tertiary/aromatic N) is 1. The summed E-state index contributed by atoms with van der Waals surface area (Å²) >= 11 is 0. The van der Waals surface area contributed by atoms with E-state index in [1.807, 2.05) is 21.1 Å². The summed E-state index contributed by atoms with van der Waals surface area (Å²) in [5.41, 5.74) is 0. The van der Waals surface area contributed by atoms with Gasteiger partial charge in [0.05, 0.1) is 27.7 Å². The lowest BCUT2D eigenvalue weighted by molar-refractivity contribution is -0.870. The van der Waals surface area contributed by atoms with Gasteiger partial charge in [-0.1, -0.05) is 206 Å². The molecule has 356 valence electrons. The van der Waals surface area contributed by atoms with Crippen LogP contribution in [0.5, 0.6) is 0 Å². The van der Waals surface area contributed by atoms with E-state index in [1.54, 1.807) is 0 Å². The Kier molecular flexibility index (Phi) is 42.1. The molecule has 0 saturated carbocycles. The van der Waals surface area contributed by atoms with Crippen LogP contribution in [-0.2, 0) is 32.7 Å². The number of likely N-dealkylation sites (N-methyl/N-ethyl adjacent to an activating group) is 1. The van der Waals surface area contributed by atoms with Crippen molar-refractivity contribution in [2.75, 3.05) is 47.5 Å². The quantitative estimate of drug-likeness (QED) is 0.0212. The zero-order valence-corrected chi connectivity index (χ0v) is 41.1. The summed E-state index contributed by atoms with van der Waals surface area (Å²) in [6.07, 6.45) is 46.8. The Hall–Kier alpha value is -1.25. The standard InChI is InChI=1S/C50H98NO8P/c1-6-8-10-12-14-16-18-20-22-24-25-27-28-30-32-34-36-38-40-42-49(52)56-46-48(47-58-60(54,55)57-45-44-51(3,4)5)59-50(53)43-41-39-37-35-33-31-29-26-23-21-19-17-15-13-11-9-7-2/h24-25,48H,6-23,26-47H2,1-5H3/p+1/b25-24-/t48-/m1/s1. The van der Waals surface area contributed by atoms with E-state index in [0.29, 0.717) is 17.4 Å². The first-order valence-electron chi connectivity index (χ1n) is 25.4. The summed E-state index contributed by atoms with van der Waals surface area (Å²) in [6, 6.07) is 0. The van der Waals surface area contributed by atoms with Gasteiger partial charge < -0.3 is 18.9 Å². The average molecular weight is 873 g/mol. The largest absolute Gasteiger partial charge is 0.472 e. The average Bonchev–Trinajstić information content (AvgIpc) is 3.20. The number of ether oxygens (including phenoxy) is 2. The number of carbonyl (C=O) groups excluding carboxylic acids is 2. The fourth-order valence-corrected chi connectivity index (χ4v) is 8.05. The first kappa shape index (κ1) is 58.8. The number of hydrogen-bond acceptors (Lipinski definition) is 7. The second kappa shape index (κ2) is 43.0. The molecule has 0 aliphatic rings. The molecule has 0 spiro atoms. The monoisotopic (exact) mass is 873 g/mol. The Morgan fingerprint density at radius 1 is 0.500 bits per heavy atom. The molecule has 9 nitrogen and oxygen atoms in total. The molecule has 0 bridgehead atoms. The lowest BCUT2D eigenvalue weighted by atomic mass is 10.0. The highest BCUT2D eigenvalue weighted by Gasteiger charge is 2.27. The van der Waals surface area contributed by atoms with Crippen LogP contribution in [-0.4, -0.2) is 74.9 Å². The molecule has 0 aromatic carbocycles. The number of allylic oxidation sites excluding steroid dienone is 2. The molecular weight excluding hydrogens is 774 g/mol. The number of carbonyl (C=O) groups is 2. The molecule has 1 N–H and O–H groups in total. The number of rotatable bonds is 47. The molecule has 0 amide bonds. The molecular formula is C50H99NO8P+. The zero-order valence-electron chi connectivity index (χ0n) is 40.2. The first-order valence-corrected chi connectivity index (χ1v) is 26.9. The van der Waals surface area contributed by atoms with Gasteiger partial charge in [0.25, 0.3) is 0 Å². The van der Waals surface area contributed by atoms with Gasteiger partial charge in [0, 0.05) is 12.8 Å². The van der Waals surface area contributed by atoms with Crippen molar-refractivity contribution in [3.05, 3.63) is 12.2 Å². The fraction of sp³-hybridized carbons (Fsp3) is 0.920. The van der Waals surface area contributed by atoms with Crippen molar-refractivity contribution in [1.29, 1.82) is 0 Å². The number of phosphoric ester groups is 1. The van der Waals surface area contributed by atoms with E-state index >= 15 is 0 Å². The SMILES string of the molecule is CCCCCCCCCC/C=C\CCCCCCCCCC(=O)OC[C@H](COP(=O)(O)OCC[N+](C)(C)C)OC(=O)CCCCCCCCCCCCCCCCCCC. The maximum absolute atomic E-state index is 12.7. The van der Waals surface area contributed by atoms with E-state index in [4.69, 9.17) is 18.5 Å². The van der Waals surface area contributed by atoms with Gasteiger partial charge in [0.1, 0.15) is 19.8 Å². The van der Waals surface area contributed by atoms with Crippen LogP contribution in [0.25, 0.3) is 0 Å².